The van der Waals surface area contributed by atoms with Crippen LogP contribution in [0.3, 0.4) is 0 Å². The SMILES string of the molecule is O=C(O)CCn1ccc2cccc(-n3cc4cccc(Cl)c4c3O)c21. The van der Waals surface area contributed by atoms with Gasteiger partial charge >= 0.3 is 5.97 Å². The Morgan fingerprint density at radius 1 is 1.08 bits per heavy atom. The number of carboxylic acid groups (broad SMARTS) is 1. The number of hydrogen-bond acceptors (Lipinski definition) is 2. The molecule has 0 bridgehead atoms. The van der Waals surface area contributed by atoms with Gasteiger partial charge in [-0.15, -0.1) is 0 Å². The molecule has 0 spiro atoms. The van der Waals surface area contributed by atoms with Crippen molar-refractivity contribution in [2.45, 2.75) is 13.0 Å². The highest BCUT2D eigenvalue weighted by Gasteiger charge is 2.16. The number of aryl methyl sites for hydroxylation is 1. The number of rotatable bonds is 4. The smallest absolute Gasteiger partial charge is 0.305 e. The van der Waals surface area contributed by atoms with Crippen LogP contribution in [0.15, 0.2) is 54.9 Å². The third kappa shape index (κ3) is 2.53. The molecule has 0 aliphatic carbocycles. The van der Waals surface area contributed by atoms with Crippen molar-refractivity contribution >= 4 is 39.2 Å². The molecule has 2 aromatic heterocycles. The molecule has 25 heavy (non-hydrogen) atoms. The number of aromatic hydroxyl groups is 1. The normalized spacial score (nSPS) is 11.4. The molecule has 5 nitrogen and oxygen atoms in total. The summed E-state index contributed by atoms with van der Waals surface area (Å²) in [6, 6.07) is 13.2. The maximum absolute atomic E-state index is 10.9. The van der Waals surface area contributed by atoms with E-state index in [2.05, 4.69) is 0 Å². The summed E-state index contributed by atoms with van der Waals surface area (Å²) in [5.41, 5.74) is 1.65. The molecule has 4 rings (SSSR count). The van der Waals surface area contributed by atoms with E-state index in [4.69, 9.17) is 16.7 Å². The standard InChI is InChI=1S/C19H15ClN2O3/c20-14-5-1-4-13-11-22(19(25)17(13)14)15-6-2-3-12-7-9-21(18(12)15)10-8-16(23)24/h1-7,9,11,25H,8,10H2,(H,23,24). The van der Waals surface area contributed by atoms with Crippen molar-refractivity contribution in [1.82, 2.24) is 9.13 Å². The van der Waals surface area contributed by atoms with Gasteiger partial charge in [-0.3, -0.25) is 9.36 Å². The summed E-state index contributed by atoms with van der Waals surface area (Å²) in [5, 5.41) is 22.6. The number of carboxylic acids is 1. The summed E-state index contributed by atoms with van der Waals surface area (Å²) < 4.78 is 3.58. The van der Waals surface area contributed by atoms with Crippen LogP contribution in [-0.4, -0.2) is 25.3 Å². The number of aliphatic carboxylic acids is 1. The largest absolute Gasteiger partial charge is 0.494 e. The predicted octanol–water partition coefficient (Wildman–Crippen LogP) is 4.42. The zero-order valence-corrected chi connectivity index (χ0v) is 13.9. The maximum Gasteiger partial charge on any atom is 0.305 e. The highest BCUT2D eigenvalue weighted by molar-refractivity contribution is 6.36. The fourth-order valence-corrected chi connectivity index (χ4v) is 3.49. The molecule has 0 saturated heterocycles. The average Bonchev–Trinajstić information content (AvgIpc) is 3.15. The van der Waals surface area contributed by atoms with E-state index >= 15 is 0 Å². The van der Waals surface area contributed by atoms with Crippen LogP contribution in [0.5, 0.6) is 5.88 Å². The second kappa shape index (κ2) is 5.86. The molecule has 0 saturated carbocycles. The Morgan fingerprint density at radius 3 is 2.60 bits per heavy atom. The Bertz CT molecular complexity index is 1110. The molecular weight excluding hydrogens is 340 g/mol. The first-order valence-electron chi connectivity index (χ1n) is 7.85. The van der Waals surface area contributed by atoms with Gasteiger partial charge in [-0.05, 0) is 18.2 Å². The van der Waals surface area contributed by atoms with Gasteiger partial charge in [-0.2, -0.15) is 0 Å². The number of benzene rings is 2. The summed E-state index contributed by atoms with van der Waals surface area (Å²) >= 11 is 6.23. The minimum absolute atomic E-state index is 0.0313. The number of para-hydroxylation sites is 1. The molecule has 0 amide bonds. The van der Waals surface area contributed by atoms with Crippen molar-refractivity contribution in [3.8, 4) is 11.6 Å². The van der Waals surface area contributed by atoms with Crippen molar-refractivity contribution in [2.75, 3.05) is 0 Å². The molecule has 0 aliphatic rings. The lowest BCUT2D eigenvalue weighted by Crippen LogP contribution is -2.05. The van der Waals surface area contributed by atoms with E-state index in [-0.39, 0.29) is 12.3 Å². The summed E-state index contributed by atoms with van der Waals surface area (Å²) in [6.45, 7) is 0.359. The Balaban J connectivity index is 1.95. The minimum Gasteiger partial charge on any atom is -0.494 e. The van der Waals surface area contributed by atoms with Gasteiger partial charge in [0.1, 0.15) is 0 Å². The minimum atomic E-state index is -0.847. The molecule has 4 aromatic rings. The Labute approximate surface area is 148 Å². The zero-order chi connectivity index (χ0) is 17.6. The lowest BCUT2D eigenvalue weighted by Gasteiger charge is -2.11. The van der Waals surface area contributed by atoms with E-state index in [1.165, 1.54) is 0 Å². The summed E-state index contributed by atoms with van der Waals surface area (Å²) in [6.07, 6.45) is 3.73. The van der Waals surface area contributed by atoms with E-state index in [0.717, 1.165) is 22.0 Å². The highest BCUT2D eigenvalue weighted by Crippen LogP contribution is 2.37. The Kier molecular flexibility index (Phi) is 3.66. The van der Waals surface area contributed by atoms with Crippen LogP contribution in [0, 0.1) is 0 Å². The van der Waals surface area contributed by atoms with Crippen LogP contribution in [-0.2, 0) is 11.3 Å². The first kappa shape index (κ1) is 15.6. The van der Waals surface area contributed by atoms with Gasteiger partial charge in [0.25, 0.3) is 0 Å². The molecule has 0 fully saturated rings. The van der Waals surface area contributed by atoms with Gasteiger partial charge in [-0.1, -0.05) is 35.9 Å². The van der Waals surface area contributed by atoms with Crippen molar-refractivity contribution in [2.24, 2.45) is 0 Å². The van der Waals surface area contributed by atoms with Gasteiger partial charge < -0.3 is 14.8 Å². The molecule has 0 atom stereocenters. The first-order valence-corrected chi connectivity index (χ1v) is 8.22. The fourth-order valence-electron chi connectivity index (χ4n) is 3.23. The summed E-state index contributed by atoms with van der Waals surface area (Å²) in [7, 11) is 0. The van der Waals surface area contributed by atoms with Crippen LogP contribution in [0.2, 0.25) is 5.02 Å². The van der Waals surface area contributed by atoms with Crippen molar-refractivity contribution in [3.05, 3.63) is 59.9 Å². The van der Waals surface area contributed by atoms with Gasteiger partial charge in [-0.25, -0.2) is 0 Å². The molecule has 6 heteroatoms. The maximum atomic E-state index is 10.9. The van der Waals surface area contributed by atoms with Gasteiger partial charge in [0, 0.05) is 29.7 Å². The number of aromatic nitrogens is 2. The predicted molar refractivity (Wildman–Crippen MR) is 97.7 cm³/mol. The quantitative estimate of drug-likeness (QED) is 0.570. The number of carbonyl (C=O) groups is 1. The summed E-state index contributed by atoms with van der Waals surface area (Å²) in [5.74, 6) is -0.778. The molecule has 2 aromatic carbocycles. The number of nitrogens with zero attached hydrogens (tertiary/aromatic N) is 2. The number of fused-ring (bicyclic) bond motifs is 2. The third-order valence-corrected chi connectivity index (χ3v) is 4.67. The number of halogens is 1. The lowest BCUT2D eigenvalue weighted by atomic mass is 10.2. The van der Waals surface area contributed by atoms with Crippen molar-refractivity contribution in [3.63, 3.8) is 0 Å². The van der Waals surface area contributed by atoms with Crippen molar-refractivity contribution < 1.29 is 15.0 Å². The molecule has 2 heterocycles. The molecular formula is C19H15ClN2O3. The Morgan fingerprint density at radius 2 is 1.84 bits per heavy atom. The van der Waals surface area contributed by atoms with Crippen LogP contribution in [0.25, 0.3) is 27.4 Å². The van der Waals surface area contributed by atoms with E-state index in [1.807, 2.05) is 53.4 Å². The fraction of sp³-hybridized carbons (Fsp3) is 0.105. The van der Waals surface area contributed by atoms with Crippen LogP contribution in [0.4, 0.5) is 0 Å². The first-order chi connectivity index (χ1) is 12.1. The average molecular weight is 355 g/mol. The van der Waals surface area contributed by atoms with E-state index < -0.39 is 5.97 Å². The second-order valence-electron chi connectivity index (χ2n) is 5.89. The molecule has 126 valence electrons. The summed E-state index contributed by atoms with van der Waals surface area (Å²) in [4.78, 5) is 10.9. The van der Waals surface area contributed by atoms with Gasteiger partial charge in [0.15, 0.2) is 0 Å². The lowest BCUT2D eigenvalue weighted by molar-refractivity contribution is -0.137. The highest BCUT2D eigenvalue weighted by atomic mass is 35.5. The Hall–Kier alpha value is -2.92. The van der Waals surface area contributed by atoms with Crippen LogP contribution >= 0.6 is 11.6 Å². The monoisotopic (exact) mass is 354 g/mol. The topological polar surface area (TPSA) is 67.4 Å². The third-order valence-electron chi connectivity index (χ3n) is 4.36. The van der Waals surface area contributed by atoms with Gasteiger partial charge in [0.2, 0.25) is 5.88 Å². The van der Waals surface area contributed by atoms with Crippen LogP contribution in [0.1, 0.15) is 6.42 Å². The van der Waals surface area contributed by atoms with Crippen molar-refractivity contribution in [1.29, 1.82) is 0 Å². The molecule has 2 N–H and O–H groups in total. The molecule has 0 unspecified atom stereocenters. The molecule has 0 aliphatic heterocycles. The second-order valence-corrected chi connectivity index (χ2v) is 6.30. The zero-order valence-electron chi connectivity index (χ0n) is 13.2. The van der Waals surface area contributed by atoms with Crippen LogP contribution < -0.4 is 0 Å². The van der Waals surface area contributed by atoms with Gasteiger partial charge in [0.05, 0.1) is 28.0 Å². The number of hydrogen-bond donors (Lipinski definition) is 2. The van der Waals surface area contributed by atoms with E-state index in [9.17, 15) is 9.90 Å². The van der Waals surface area contributed by atoms with E-state index in [1.54, 1.807) is 10.6 Å². The van der Waals surface area contributed by atoms with E-state index in [0.29, 0.717) is 17.0 Å². The molecule has 0 radical (unpaired) electrons.